The first-order valence-corrected chi connectivity index (χ1v) is 6.39. The van der Waals surface area contributed by atoms with Crippen molar-refractivity contribution >= 4 is 11.8 Å². The Bertz CT molecular complexity index is 365. The molecular formula is C12H20N5O. The molecule has 0 unspecified atom stereocenters. The molecule has 6 heteroatoms. The summed E-state index contributed by atoms with van der Waals surface area (Å²) in [4.78, 5) is 8.18. The maximum atomic E-state index is 8.76. The van der Waals surface area contributed by atoms with Gasteiger partial charge in [0.15, 0.2) is 0 Å². The average molecular weight is 250 g/mol. The first-order valence-electron chi connectivity index (χ1n) is 6.39. The van der Waals surface area contributed by atoms with Crippen LogP contribution in [0.1, 0.15) is 25.7 Å². The molecule has 1 aliphatic rings. The van der Waals surface area contributed by atoms with E-state index in [9.17, 15) is 0 Å². The van der Waals surface area contributed by atoms with Crippen LogP contribution in [0.25, 0.3) is 0 Å². The molecule has 0 atom stereocenters. The molecule has 0 aromatic carbocycles. The van der Waals surface area contributed by atoms with Gasteiger partial charge in [-0.15, -0.1) is 0 Å². The van der Waals surface area contributed by atoms with Crippen LogP contribution in [-0.2, 0) is 0 Å². The summed E-state index contributed by atoms with van der Waals surface area (Å²) in [5, 5.41) is 15.4. The molecule has 5 N–H and O–H groups in total. The highest BCUT2D eigenvalue weighted by Gasteiger charge is 2.20. The number of hydrogen-bond acceptors (Lipinski definition) is 6. The molecule has 2 rings (SSSR count). The van der Waals surface area contributed by atoms with Gasteiger partial charge in [-0.05, 0) is 25.7 Å². The lowest BCUT2D eigenvalue weighted by atomic mass is 9.91. The lowest BCUT2D eigenvalue weighted by Gasteiger charge is -2.29. The van der Waals surface area contributed by atoms with E-state index < -0.39 is 0 Å². The Balaban J connectivity index is 1.76. The largest absolute Gasteiger partial charge is 0.395 e. The molecular weight excluding hydrogens is 230 g/mol. The summed E-state index contributed by atoms with van der Waals surface area (Å²) in [6.07, 6.45) is 5.90. The van der Waals surface area contributed by atoms with E-state index in [1.807, 2.05) is 0 Å². The SMILES string of the molecule is Nc1[c]cnc(NC2CCC(NCCO)CC2)n1. The summed E-state index contributed by atoms with van der Waals surface area (Å²) >= 11 is 0. The van der Waals surface area contributed by atoms with E-state index in [1.54, 1.807) is 6.20 Å². The number of nitrogen functional groups attached to an aromatic ring is 1. The second-order valence-corrected chi connectivity index (χ2v) is 4.59. The van der Waals surface area contributed by atoms with Crippen LogP contribution < -0.4 is 16.4 Å². The summed E-state index contributed by atoms with van der Waals surface area (Å²) in [5.74, 6) is 0.948. The fraction of sp³-hybridized carbons (Fsp3) is 0.667. The maximum Gasteiger partial charge on any atom is 0.224 e. The predicted molar refractivity (Wildman–Crippen MR) is 70.0 cm³/mol. The van der Waals surface area contributed by atoms with Crippen LogP contribution >= 0.6 is 0 Å². The van der Waals surface area contributed by atoms with Crippen LogP contribution in [-0.4, -0.2) is 40.3 Å². The van der Waals surface area contributed by atoms with Crippen molar-refractivity contribution in [3.05, 3.63) is 12.3 Å². The fourth-order valence-electron chi connectivity index (χ4n) is 2.30. The van der Waals surface area contributed by atoms with Crippen molar-refractivity contribution in [1.29, 1.82) is 0 Å². The van der Waals surface area contributed by atoms with Crippen molar-refractivity contribution in [3.63, 3.8) is 0 Å². The van der Waals surface area contributed by atoms with Gasteiger partial charge in [-0.1, -0.05) is 0 Å². The number of nitrogens with two attached hydrogens (primary N) is 1. The molecule has 0 spiro atoms. The van der Waals surface area contributed by atoms with Gasteiger partial charge in [-0.2, -0.15) is 4.98 Å². The molecule has 99 valence electrons. The Labute approximate surface area is 107 Å². The smallest absolute Gasteiger partial charge is 0.224 e. The van der Waals surface area contributed by atoms with Gasteiger partial charge in [0.05, 0.1) is 6.61 Å². The zero-order chi connectivity index (χ0) is 12.8. The quantitative estimate of drug-likeness (QED) is 0.594. The van der Waals surface area contributed by atoms with Crippen molar-refractivity contribution in [3.8, 4) is 0 Å². The van der Waals surface area contributed by atoms with E-state index >= 15 is 0 Å². The minimum absolute atomic E-state index is 0.200. The molecule has 6 nitrogen and oxygen atoms in total. The van der Waals surface area contributed by atoms with E-state index in [4.69, 9.17) is 10.8 Å². The van der Waals surface area contributed by atoms with E-state index in [0.717, 1.165) is 25.7 Å². The molecule has 1 saturated carbocycles. The van der Waals surface area contributed by atoms with E-state index in [2.05, 4.69) is 26.7 Å². The third-order valence-electron chi connectivity index (χ3n) is 3.23. The van der Waals surface area contributed by atoms with E-state index in [0.29, 0.717) is 30.4 Å². The van der Waals surface area contributed by atoms with Crippen LogP contribution in [0, 0.1) is 6.07 Å². The van der Waals surface area contributed by atoms with Crippen molar-refractivity contribution in [2.75, 3.05) is 24.2 Å². The molecule has 1 aliphatic carbocycles. The van der Waals surface area contributed by atoms with Crippen molar-refractivity contribution in [2.24, 2.45) is 0 Å². The number of aromatic nitrogens is 2. The van der Waals surface area contributed by atoms with Gasteiger partial charge in [-0.25, -0.2) is 4.98 Å². The van der Waals surface area contributed by atoms with Gasteiger partial charge in [0.1, 0.15) is 5.82 Å². The third-order valence-corrected chi connectivity index (χ3v) is 3.23. The minimum Gasteiger partial charge on any atom is -0.395 e. The standard InChI is InChI=1S/C12H20N5O/c13-11-5-6-15-12(17-11)16-10-3-1-9(2-4-10)14-7-8-18/h6,9-10,14,18H,1-4,7-8H2,(H3,13,15,16,17). The first-order chi connectivity index (χ1) is 8.78. The van der Waals surface area contributed by atoms with Crippen LogP contribution in [0.4, 0.5) is 11.8 Å². The molecule has 1 aromatic heterocycles. The van der Waals surface area contributed by atoms with E-state index in [1.165, 1.54) is 0 Å². The zero-order valence-electron chi connectivity index (χ0n) is 10.4. The van der Waals surface area contributed by atoms with Crippen molar-refractivity contribution < 1.29 is 5.11 Å². The Kier molecular flexibility index (Phi) is 4.72. The highest BCUT2D eigenvalue weighted by molar-refractivity contribution is 5.34. The first kappa shape index (κ1) is 13.0. The van der Waals surface area contributed by atoms with Gasteiger partial charge in [0, 0.05) is 30.9 Å². The number of aliphatic hydroxyl groups is 1. The van der Waals surface area contributed by atoms with Crippen molar-refractivity contribution in [2.45, 2.75) is 37.8 Å². The Morgan fingerprint density at radius 1 is 1.33 bits per heavy atom. The highest BCUT2D eigenvalue weighted by Crippen LogP contribution is 2.21. The molecule has 1 heterocycles. The van der Waals surface area contributed by atoms with Gasteiger partial charge < -0.3 is 21.5 Å². The lowest BCUT2D eigenvalue weighted by Crippen LogP contribution is -2.38. The van der Waals surface area contributed by atoms with Gasteiger partial charge in [0.2, 0.25) is 5.95 Å². The molecule has 0 saturated heterocycles. The summed E-state index contributed by atoms with van der Waals surface area (Å²) in [5.41, 5.74) is 5.56. The molecule has 18 heavy (non-hydrogen) atoms. The number of aliphatic hydroxyl groups excluding tert-OH is 1. The number of nitrogens with zero attached hydrogens (tertiary/aromatic N) is 2. The second kappa shape index (κ2) is 6.51. The highest BCUT2D eigenvalue weighted by atomic mass is 16.3. The second-order valence-electron chi connectivity index (χ2n) is 4.59. The summed E-state index contributed by atoms with van der Waals surface area (Å²) in [6.45, 7) is 0.878. The number of anilines is 2. The monoisotopic (exact) mass is 250 g/mol. The number of nitrogens with one attached hydrogen (secondary N) is 2. The maximum absolute atomic E-state index is 8.76. The minimum atomic E-state index is 0.200. The van der Waals surface area contributed by atoms with Gasteiger partial charge in [0.25, 0.3) is 0 Å². The third kappa shape index (κ3) is 3.82. The lowest BCUT2D eigenvalue weighted by molar-refractivity contribution is 0.269. The Morgan fingerprint density at radius 3 is 2.72 bits per heavy atom. The molecule has 0 aliphatic heterocycles. The number of hydrogen-bond donors (Lipinski definition) is 4. The predicted octanol–water partition coefficient (Wildman–Crippen LogP) is 0.164. The normalized spacial score (nSPS) is 23.8. The van der Waals surface area contributed by atoms with Gasteiger partial charge >= 0.3 is 0 Å². The topological polar surface area (TPSA) is 96.1 Å². The summed E-state index contributed by atoms with van der Waals surface area (Å²) in [6, 6.07) is 3.64. The van der Waals surface area contributed by atoms with Crippen LogP contribution in [0.15, 0.2) is 6.20 Å². The fourth-order valence-corrected chi connectivity index (χ4v) is 2.30. The number of rotatable bonds is 5. The Morgan fingerprint density at radius 2 is 2.06 bits per heavy atom. The molecule has 0 amide bonds. The van der Waals surface area contributed by atoms with Crippen LogP contribution in [0.2, 0.25) is 0 Å². The van der Waals surface area contributed by atoms with Crippen molar-refractivity contribution in [1.82, 2.24) is 15.3 Å². The molecule has 1 aromatic rings. The Hall–Kier alpha value is -1.40. The summed E-state index contributed by atoms with van der Waals surface area (Å²) in [7, 11) is 0. The average Bonchev–Trinajstić information content (AvgIpc) is 2.38. The zero-order valence-corrected chi connectivity index (χ0v) is 10.4. The molecule has 0 bridgehead atoms. The van der Waals surface area contributed by atoms with Crippen LogP contribution in [0.5, 0.6) is 0 Å². The molecule has 1 fully saturated rings. The molecule has 1 radical (unpaired) electrons. The summed E-state index contributed by atoms with van der Waals surface area (Å²) < 4.78 is 0. The van der Waals surface area contributed by atoms with E-state index in [-0.39, 0.29) is 6.61 Å². The van der Waals surface area contributed by atoms with Crippen LogP contribution in [0.3, 0.4) is 0 Å². The van der Waals surface area contributed by atoms with Gasteiger partial charge in [-0.3, -0.25) is 0 Å².